The number of nitrogens with one attached hydrogen (secondary N) is 1. The first-order valence-electron chi connectivity index (χ1n) is 5.38. The summed E-state index contributed by atoms with van der Waals surface area (Å²) in [6.45, 7) is 5.11. The zero-order valence-corrected chi connectivity index (χ0v) is 11.2. The van der Waals surface area contributed by atoms with Gasteiger partial charge in [-0.15, -0.1) is 0 Å². The van der Waals surface area contributed by atoms with Gasteiger partial charge in [0.05, 0.1) is 0 Å². The van der Waals surface area contributed by atoms with Crippen molar-refractivity contribution in [3.63, 3.8) is 0 Å². The maximum absolute atomic E-state index is 13.7. The Hall–Kier alpha value is -1.21. The molecule has 0 atom stereocenters. The molecule has 0 amide bonds. The smallest absolute Gasteiger partial charge is 0.244 e. The van der Waals surface area contributed by atoms with Gasteiger partial charge in [-0.3, -0.25) is 0 Å². The number of halogens is 2. The van der Waals surface area contributed by atoms with Crippen molar-refractivity contribution in [1.29, 1.82) is 0 Å². The lowest BCUT2D eigenvalue weighted by molar-refractivity contribution is 0.437. The fourth-order valence-corrected chi connectivity index (χ4v) is 2.82. The molecule has 0 unspecified atom stereocenters. The Morgan fingerprint density at radius 3 is 2.39 bits per heavy atom. The molecular weight excluding hydrogens is 262 g/mol. The normalized spacial score (nSPS) is 12.7. The van der Waals surface area contributed by atoms with E-state index in [1.165, 1.54) is 0 Å². The molecule has 0 aliphatic carbocycles. The van der Waals surface area contributed by atoms with Crippen molar-refractivity contribution in [3.8, 4) is 0 Å². The van der Waals surface area contributed by atoms with Crippen molar-refractivity contribution in [2.24, 2.45) is 0 Å². The van der Waals surface area contributed by atoms with Crippen molar-refractivity contribution < 1.29 is 17.2 Å². The van der Waals surface area contributed by atoms with Gasteiger partial charge < -0.3 is 5.73 Å². The highest BCUT2D eigenvalue weighted by Gasteiger charge is 2.28. The van der Waals surface area contributed by atoms with Gasteiger partial charge in [0.15, 0.2) is 5.82 Å². The lowest BCUT2D eigenvalue weighted by atomic mass is 10.0. The molecular formula is C11H16F2N2O2S. The van der Waals surface area contributed by atoms with Crippen molar-refractivity contribution in [1.82, 2.24) is 4.72 Å². The molecule has 0 aliphatic rings. The number of nitrogens with two attached hydrogens (primary N) is 1. The molecule has 3 N–H and O–H groups in total. The van der Waals surface area contributed by atoms with E-state index >= 15 is 0 Å². The van der Waals surface area contributed by atoms with Crippen LogP contribution in [0.25, 0.3) is 0 Å². The molecule has 0 heterocycles. The van der Waals surface area contributed by atoms with E-state index in [-0.39, 0.29) is 0 Å². The Labute approximate surface area is 105 Å². The van der Waals surface area contributed by atoms with Crippen molar-refractivity contribution in [2.45, 2.75) is 37.6 Å². The van der Waals surface area contributed by atoms with Crippen molar-refractivity contribution in [2.75, 3.05) is 5.73 Å². The molecule has 18 heavy (non-hydrogen) atoms. The SMILES string of the molecule is CCC(C)(C)NS(=O)(=O)c1ccc(F)c(N)c1F. The maximum Gasteiger partial charge on any atom is 0.244 e. The predicted molar refractivity (Wildman–Crippen MR) is 65.5 cm³/mol. The van der Waals surface area contributed by atoms with Gasteiger partial charge in [0.25, 0.3) is 0 Å². The Balaban J connectivity index is 3.27. The van der Waals surface area contributed by atoms with E-state index in [9.17, 15) is 17.2 Å². The van der Waals surface area contributed by atoms with Gasteiger partial charge in [0, 0.05) is 5.54 Å². The first kappa shape index (κ1) is 14.8. The molecule has 102 valence electrons. The van der Waals surface area contributed by atoms with E-state index in [0.717, 1.165) is 12.1 Å². The van der Waals surface area contributed by atoms with E-state index in [1.807, 2.05) is 0 Å². The Morgan fingerprint density at radius 1 is 1.33 bits per heavy atom. The Bertz CT molecular complexity index is 556. The maximum atomic E-state index is 13.7. The highest BCUT2D eigenvalue weighted by atomic mass is 32.2. The van der Waals surface area contributed by atoms with E-state index < -0.39 is 37.8 Å². The standard InChI is InChI=1S/C11H16F2N2O2S/c1-4-11(2,3)15-18(16,17)8-6-5-7(12)10(14)9(8)13/h5-6,15H,4,14H2,1-3H3. The topological polar surface area (TPSA) is 72.2 Å². The van der Waals surface area contributed by atoms with Crippen LogP contribution in [0.1, 0.15) is 27.2 Å². The third kappa shape index (κ3) is 2.97. The van der Waals surface area contributed by atoms with Crippen LogP contribution >= 0.6 is 0 Å². The van der Waals surface area contributed by atoms with Gasteiger partial charge in [-0.25, -0.2) is 21.9 Å². The monoisotopic (exact) mass is 278 g/mol. The summed E-state index contributed by atoms with van der Waals surface area (Å²) in [5, 5.41) is 0. The van der Waals surface area contributed by atoms with E-state index in [4.69, 9.17) is 5.73 Å². The molecule has 1 rings (SSSR count). The molecule has 0 bridgehead atoms. The molecule has 1 aromatic carbocycles. The molecule has 0 saturated carbocycles. The first-order chi connectivity index (χ1) is 8.10. The molecule has 4 nitrogen and oxygen atoms in total. The zero-order valence-electron chi connectivity index (χ0n) is 10.4. The van der Waals surface area contributed by atoms with Crippen LogP contribution in [0.4, 0.5) is 14.5 Å². The van der Waals surface area contributed by atoms with E-state index in [2.05, 4.69) is 4.72 Å². The summed E-state index contributed by atoms with van der Waals surface area (Å²) in [5.41, 5.74) is 3.61. The van der Waals surface area contributed by atoms with Gasteiger partial charge >= 0.3 is 0 Å². The Morgan fingerprint density at radius 2 is 1.89 bits per heavy atom. The number of benzene rings is 1. The highest BCUT2D eigenvalue weighted by molar-refractivity contribution is 7.89. The van der Waals surface area contributed by atoms with Crippen molar-refractivity contribution >= 4 is 15.7 Å². The second-order valence-electron chi connectivity index (χ2n) is 4.62. The average molecular weight is 278 g/mol. The number of anilines is 1. The fourth-order valence-electron chi connectivity index (χ4n) is 1.25. The van der Waals surface area contributed by atoms with Gasteiger partial charge in [0.1, 0.15) is 16.4 Å². The lowest BCUT2D eigenvalue weighted by Crippen LogP contribution is -2.43. The average Bonchev–Trinajstić information content (AvgIpc) is 2.24. The first-order valence-corrected chi connectivity index (χ1v) is 6.86. The molecule has 0 saturated heterocycles. The lowest BCUT2D eigenvalue weighted by Gasteiger charge is -2.24. The minimum absolute atomic E-state index is 0.518. The van der Waals surface area contributed by atoms with Crippen LogP contribution in [0.2, 0.25) is 0 Å². The summed E-state index contributed by atoms with van der Waals surface area (Å²) < 4.78 is 52.9. The molecule has 0 aliphatic heterocycles. The minimum Gasteiger partial charge on any atom is -0.394 e. The Kier molecular flexibility index (Phi) is 3.97. The number of rotatable bonds is 4. The molecule has 7 heteroatoms. The fraction of sp³-hybridized carbons (Fsp3) is 0.455. The van der Waals surface area contributed by atoms with Crippen LogP contribution in [0.5, 0.6) is 0 Å². The van der Waals surface area contributed by atoms with Gasteiger partial charge in [-0.2, -0.15) is 0 Å². The van der Waals surface area contributed by atoms with Crippen LogP contribution in [0.15, 0.2) is 17.0 Å². The van der Waals surface area contributed by atoms with Crippen LogP contribution < -0.4 is 10.5 Å². The van der Waals surface area contributed by atoms with Gasteiger partial charge in [-0.05, 0) is 32.4 Å². The second kappa shape index (κ2) is 4.81. The second-order valence-corrected chi connectivity index (χ2v) is 6.27. The molecule has 1 aromatic rings. The summed E-state index contributed by atoms with van der Waals surface area (Å²) in [7, 11) is -4.07. The number of hydrogen-bond donors (Lipinski definition) is 2. The number of hydrogen-bond acceptors (Lipinski definition) is 3. The summed E-state index contributed by atoms with van der Waals surface area (Å²) in [6.07, 6.45) is 0.518. The molecule has 0 aromatic heterocycles. The summed E-state index contributed by atoms with van der Waals surface area (Å²) >= 11 is 0. The summed E-state index contributed by atoms with van der Waals surface area (Å²) in [6, 6.07) is 1.68. The highest BCUT2D eigenvalue weighted by Crippen LogP contribution is 2.24. The van der Waals surface area contributed by atoms with Crippen LogP contribution in [-0.2, 0) is 10.0 Å². The number of nitrogen functional groups attached to an aromatic ring is 1. The van der Waals surface area contributed by atoms with E-state index in [1.54, 1.807) is 20.8 Å². The summed E-state index contributed by atoms with van der Waals surface area (Å²) in [5.74, 6) is -2.25. The van der Waals surface area contributed by atoms with Crippen LogP contribution in [0.3, 0.4) is 0 Å². The van der Waals surface area contributed by atoms with Gasteiger partial charge in [0.2, 0.25) is 10.0 Å². The summed E-state index contributed by atoms with van der Waals surface area (Å²) in [4.78, 5) is -0.650. The molecule has 0 spiro atoms. The molecule has 0 radical (unpaired) electrons. The molecule has 0 fully saturated rings. The minimum atomic E-state index is -4.07. The third-order valence-electron chi connectivity index (χ3n) is 2.68. The van der Waals surface area contributed by atoms with E-state index in [0.29, 0.717) is 6.42 Å². The third-order valence-corrected chi connectivity index (χ3v) is 4.39. The van der Waals surface area contributed by atoms with Crippen LogP contribution in [0, 0.1) is 11.6 Å². The van der Waals surface area contributed by atoms with Crippen molar-refractivity contribution in [3.05, 3.63) is 23.8 Å². The quantitative estimate of drug-likeness (QED) is 0.828. The predicted octanol–water partition coefficient (Wildman–Crippen LogP) is 2.01. The zero-order chi connectivity index (χ0) is 14.1. The van der Waals surface area contributed by atoms with Gasteiger partial charge in [-0.1, -0.05) is 6.92 Å². The number of sulfonamides is 1. The van der Waals surface area contributed by atoms with Crippen LogP contribution in [-0.4, -0.2) is 14.0 Å². The largest absolute Gasteiger partial charge is 0.394 e.